The van der Waals surface area contributed by atoms with Crippen LogP contribution in [0.2, 0.25) is 0 Å². The molecule has 0 aromatic carbocycles. The number of rotatable bonds is 3. The van der Waals surface area contributed by atoms with E-state index in [1.165, 1.54) is 0 Å². The van der Waals surface area contributed by atoms with Crippen LogP contribution in [0.4, 0.5) is 0 Å². The zero-order chi connectivity index (χ0) is 10.0. The third kappa shape index (κ3) is 2.21. The lowest BCUT2D eigenvalue weighted by Crippen LogP contribution is -2.46. The average Bonchev–Trinajstić information content (AvgIpc) is 2.35. The van der Waals surface area contributed by atoms with Crippen molar-refractivity contribution < 1.29 is 9.90 Å². The number of amides is 1. The molecule has 0 aromatic heterocycles. The lowest BCUT2D eigenvalue weighted by Gasteiger charge is -2.33. The minimum absolute atomic E-state index is 0.00463. The van der Waals surface area contributed by atoms with Gasteiger partial charge in [0.05, 0.1) is 12.1 Å². The van der Waals surface area contributed by atoms with Gasteiger partial charge in [0.15, 0.2) is 0 Å². The van der Waals surface area contributed by atoms with Crippen molar-refractivity contribution in [3.05, 3.63) is 0 Å². The van der Waals surface area contributed by atoms with Crippen LogP contribution >= 0.6 is 0 Å². The number of nitrogens with zero attached hydrogens (tertiary/aromatic N) is 1. The molecule has 0 spiro atoms. The number of likely N-dealkylation sites (tertiary alicyclic amines) is 1. The topological polar surface area (TPSA) is 40.5 Å². The van der Waals surface area contributed by atoms with E-state index in [4.69, 9.17) is 0 Å². The Morgan fingerprint density at radius 3 is 2.31 bits per heavy atom. The molecule has 0 aliphatic carbocycles. The molecule has 0 radical (unpaired) electrons. The summed E-state index contributed by atoms with van der Waals surface area (Å²) in [5.41, 5.74) is 0. The van der Waals surface area contributed by atoms with Crippen molar-refractivity contribution in [2.24, 2.45) is 5.92 Å². The molecule has 3 heteroatoms. The minimum Gasteiger partial charge on any atom is -0.391 e. The molecule has 0 aromatic rings. The van der Waals surface area contributed by atoms with Crippen molar-refractivity contribution in [1.82, 2.24) is 4.90 Å². The Hall–Kier alpha value is -0.570. The third-order valence-corrected chi connectivity index (χ3v) is 2.65. The van der Waals surface area contributed by atoms with Gasteiger partial charge in [-0.05, 0) is 19.3 Å². The monoisotopic (exact) mass is 185 g/mol. The smallest absolute Gasteiger partial charge is 0.222 e. The van der Waals surface area contributed by atoms with Crippen LogP contribution in [0.5, 0.6) is 0 Å². The molecule has 0 bridgehead atoms. The molecule has 1 saturated heterocycles. The van der Waals surface area contributed by atoms with Crippen molar-refractivity contribution in [2.45, 2.75) is 45.8 Å². The van der Waals surface area contributed by atoms with E-state index in [9.17, 15) is 9.90 Å². The third-order valence-electron chi connectivity index (χ3n) is 2.65. The molecule has 1 rings (SSSR count). The number of hydrogen-bond acceptors (Lipinski definition) is 2. The van der Waals surface area contributed by atoms with E-state index < -0.39 is 6.10 Å². The van der Waals surface area contributed by atoms with Gasteiger partial charge in [-0.1, -0.05) is 13.8 Å². The van der Waals surface area contributed by atoms with Crippen LogP contribution in [0, 0.1) is 5.92 Å². The highest BCUT2D eigenvalue weighted by atomic mass is 16.3. The van der Waals surface area contributed by atoms with Gasteiger partial charge in [-0.3, -0.25) is 4.79 Å². The predicted molar refractivity (Wildman–Crippen MR) is 51.3 cm³/mol. The van der Waals surface area contributed by atoms with Gasteiger partial charge >= 0.3 is 0 Å². The molecule has 1 fully saturated rings. The van der Waals surface area contributed by atoms with E-state index in [0.717, 1.165) is 13.0 Å². The molecule has 1 amide bonds. The van der Waals surface area contributed by atoms with Gasteiger partial charge in [-0.2, -0.15) is 0 Å². The number of aliphatic hydroxyl groups is 1. The van der Waals surface area contributed by atoms with Crippen molar-refractivity contribution in [3.63, 3.8) is 0 Å². The maximum Gasteiger partial charge on any atom is 0.222 e. The van der Waals surface area contributed by atoms with Gasteiger partial charge < -0.3 is 10.0 Å². The fourth-order valence-corrected chi connectivity index (χ4v) is 2.16. The summed E-state index contributed by atoms with van der Waals surface area (Å²) in [4.78, 5) is 13.3. The van der Waals surface area contributed by atoms with E-state index in [1.807, 2.05) is 18.7 Å². The quantitative estimate of drug-likeness (QED) is 0.713. The van der Waals surface area contributed by atoms with Gasteiger partial charge in [0, 0.05) is 13.0 Å². The van der Waals surface area contributed by atoms with Gasteiger partial charge in [0.1, 0.15) is 0 Å². The van der Waals surface area contributed by atoms with E-state index >= 15 is 0 Å². The molecule has 76 valence electrons. The average molecular weight is 185 g/mol. The predicted octanol–water partition coefficient (Wildman–Crippen LogP) is 1.01. The summed E-state index contributed by atoms with van der Waals surface area (Å²) in [5, 5.41) is 9.57. The summed E-state index contributed by atoms with van der Waals surface area (Å²) in [7, 11) is 0. The van der Waals surface area contributed by atoms with Crippen molar-refractivity contribution in [1.29, 1.82) is 0 Å². The second kappa shape index (κ2) is 4.09. The standard InChI is InChI=1S/C10H19NO2/c1-7(2)10(8(3)12)11-6-4-5-9(11)13/h7-8,10,12H,4-6H2,1-3H3. The van der Waals surface area contributed by atoms with Crippen molar-refractivity contribution in [2.75, 3.05) is 6.54 Å². The second-order valence-electron chi connectivity index (χ2n) is 4.17. The van der Waals surface area contributed by atoms with Crippen LogP contribution < -0.4 is 0 Å². The van der Waals surface area contributed by atoms with E-state index in [0.29, 0.717) is 12.3 Å². The first-order valence-corrected chi connectivity index (χ1v) is 5.01. The van der Waals surface area contributed by atoms with Crippen LogP contribution in [0.1, 0.15) is 33.6 Å². The fourth-order valence-electron chi connectivity index (χ4n) is 2.16. The molecule has 2 unspecified atom stereocenters. The van der Waals surface area contributed by atoms with Crippen LogP contribution in [0.25, 0.3) is 0 Å². The summed E-state index contributed by atoms with van der Waals surface area (Å²) < 4.78 is 0. The summed E-state index contributed by atoms with van der Waals surface area (Å²) in [5.74, 6) is 0.515. The zero-order valence-corrected chi connectivity index (χ0v) is 8.66. The first-order valence-electron chi connectivity index (χ1n) is 5.01. The lowest BCUT2D eigenvalue weighted by molar-refractivity contribution is -0.133. The van der Waals surface area contributed by atoms with Gasteiger partial charge in [0.25, 0.3) is 0 Å². The van der Waals surface area contributed by atoms with Gasteiger partial charge in [-0.15, -0.1) is 0 Å². The zero-order valence-electron chi connectivity index (χ0n) is 8.66. The Kier molecular flexibility index (Phi) is 3.31. The molecule has 0 saturated carbocycles. The molecule has 1 aliphatic heterocycles. The molecule has 1 heterocycles. The van der Waals surface area contributed by atoms with Crippen LogP contribution in [0.3, 0.4) is 0 Å². The van der Waals surface area contributed by atoms with Crippen molar-refractivity contribution in [3.8, 4) is 0 Å². The lowest BCUT2D eigenvalue weighted by atomic mass is 9.98. The Morgan fingerprint density at radius 2 is 2.00 bits per heavy atom. The summed E-state index contributed by atoms with van der Waals surface area (Å²) >= 11 is 0. The molecular formula is C10H19NO2. The molecule has 3 nitrogen and oxygen atoms in total. The Balaban J connectivity index is 2.69. The maximum absolute atomic E-state index is 11.4. The maximum atomic E-state index is 11.4. The molecule has 1 N–H and O–H groups in total. The summed E-state index contributed by atoms with van der Waals surface area (Å²) in [6, 6.07) is -0.00463. The normalized spacial score (nSPS) is 22.5. The summed E-state index contributed by atoms with van der Waals surface area (Å²) in [6.45, 7) is 6.66. The van der Waals surface area contributed by atoms with Crippen LogP contribution in [-0.2, 0) is 4.79 Å². The van der Waals surface area contributed by atoms with Crippen LogP contribution in [-0.4, -0.2) is 34.6 Å². The number of carbonyl (C=O) groups is 1. The Morgan fingerprint density at radius 1 is 1.38 bits per heavy atom. The Bertz CT molecular complexity index is 181. The van der Waals surface area contributed by atoms with Crippen LogP contribution in [0.15, 0.2) is 0 Å². The number of carbonyl (C=O) groups excluding carboxylic acids is 1. The fraction of sp³-hybridized carbons (Fsp3) is 0.900. The highest BCUT2D eigenvalue weighted by Gasteiger charge is 2.32. The summed E-state index contributed by atoms with van der Waals surface area (Å²) in [6.07, 6.45) is 1.16. The van der Waals surface area contributed by atoms with E-state index in [-0.39, 0.29) is 11.9 Å². The van der Waals surface area contributed by atoms with E-state index in [1.54, 1.807) is 6.92 Å². The van der Waals surface area contributed by atoms with Crippen molar-refractivity contribution >= 4 is 5.91 Å². The highest BCUT2D eigenvalue weighted by molar-refractivity contribution is 5.78. The largest absolute Gasteiger partial charge is 0.391 e. The number of hydrogen-bond donors (Lipinski definition) is 1. The molecule has 13 heavy (non-hydrogen) atoms. The molecule has 1 aliphatic rings. The number of aliphatic hydroxyl groups excluding tert-OH is 1. The SMILES string of the molecule is CC(C)C(C(C)O)N1CCCC1=O. The van der Waals surface area contributed by atoms with Gasteiger partial charge in [0.2, 0.25) is 5.91 Å². The molecule has 2 atom stereocenters. The van der Waals surface area contributed by atoms with E-state index in [2.05, 4.69) is 0 Å². The van der Waals surface area contributed by atoms with Gasteiger partial charge in [-0.25, -0.2) is 0 Å². The first-order chi connectivity index (χ1) is 6.04. The minimum atomic E-state index is -0.429. The Labute approximate surface area is 79.7 Å². The first kappa shape index (κ1) is 10.5. The molecular weight excluding hydrogens is 166 g/mol. The highest BCUT2D eigenvalue weighted by Crippen LogP contribution is 2.21. The second-order valence-corrected chi connectivity index (χ2v) is 4.17.